The molecule has 2 aromatic carbocycles. The average molecular weight is 338 g/mol. The summed E-state index contributed by atoms with van der Waals surface area (Å²) >= 11 is 0. The summed E-state index contributed by atoms with van der Waals surface area (Å²) in [6, 6.07) is 16.7. The van der Waals surface area contributed by atoms with Crippen LogP contribution in [-0.4, -0.2) is 12.5 Å². The van der Waals surface area contributed by atoms with E-state index < -0.39 is 0 Å². The van der Waals surface area contributed by atoms with Gasteiger partial charge in [0.05, 0.1) is 6.54 Å². The number of benzene rings is 2. The van der Waals surface area contributed by atoms with Crippen LogP contribution in [0.15, 0.2) is 48.5 Å². The van der Waals surface area contributed by atoms with Crippen molar-refractivity contribution in [3.05, 3.63) is 65.2 Å². The van der Waals surface area contributed by atoms with E-state index in [1.54, 1.807) is 0 Å². The minimum absolute atomic E-state index is 0.00804. The number of carbonyl (C=O) groups is 1. The summed E-state index contributed by atoms with van der Waals surface area (Å²) in [4.78, 5) is 12.5. The van der Waals surface area contributed by atoms with Gasteiger partial charge in [0.25, 0.3) is 0 Å². The van der Waals surface area contributed by atoms with Gasteiger partial charge in [0, 0.05) is 11.7 Å². The maximum atomic E-state index is 12.5. The Kier molecular flexibility index (Phi) is 7.20. The van der Waals surface area contributed by atoms with Gasteiger partial charge in [-0.3, -0.25) is 4.79 Å². The number of hydrogen-bond donors (Lipinski definition) is 2. The van der Waals surface area contributed by atoms with Crippen molar-refractivity contribution in [3.8, 4) is 0 Å². The molecule has 0 heterocycles. The lowest BCUT2D eigenvalue weighted by Gasteiger charge is -2.21. The van der Waals surface area contributed by atoms with Gasteiger partial charge >= 0.3 is 0 Å². The Labute approximate surface area is 151 Å². The van der Waals surface area contributed by atoms with Crippen LogP contribution in [0.2, 0.25) is 0 Å². The van der Waals surface area contributed by atoms with Crippen LogP contribution in [0.5, 0.6) is 0 Å². The second-order valence-corrected chi connectivity index (χ2v) is 6.98. The number of nitrogens with one attached hydrogen (secondary N) is 2. The highest BCUT2D eigenvalue weighted by Gasteiger charge is 2.15. The van der Waals surface area contributed by atoms with E-state index >= 15 is 0 Å². The minimum Gasteiger partial charge on any atom is -0.324 e. The first-order valence-corrected chi connectivity index (χ1v) is 9.18. The molecule has 0 spiro atoms. The van der Waals surface area contributed by atoms with Crippen molar-refractivity contribution in [1.29, 1.82) is 0 Å². The van der Waals surface area contributed by atoms with Crippen molar-refractivity contribution >= 4 is 11.6 Å². The Bertz CT molecular complexity index is 680. The topological polar surface area (TPSA) is 41.1 Å². The highest BCUT2D eigenvalue weighted by atomic mass is 16.1. The summed E-state index contributed by atoms with van der Waals surface area (Å²) in [5, 5.41) is 6.52. The molecular formula is C22H30N2O. The minimum atomic E-state index is 0.00804. The third-order valence-electron chi connectivity index (χ3n) is 4.42. The van der Waals surface area contributed by atoms with E-state index in [1.165, 1.54) is 11.1 Å². The second-order valence-electron chi connectivity index (χ2n) is 6.98. The first-order chi connectivity index (χ1) is 12.0. The van der Waals surface area contributed by atoms with E-state index in [-0.39, 0.29) is 11.9 Å². The van der Waals surface area contributed by atoms with Crippen molar-refractivity contribution in [2.45, 2.75) is 46.6 Å². The van der Waals surface area contributed by atoms with E-state index in [1.807, 2.05) is 37.3 Å². The zero-order valence-electron chi connectivity index (χ0n) is 15.8. The van der Waals surface area contributed by atoms with E-state index in [0.29, 0.717) is 12.5 Å². The predicted molar refractivity (Wildman–Crippen MR) is 106 cm³/mol. The molecule has 0 saturated heterocycles. The fourth-order valence-electron chi connectivity index (χ4n) is 3.10. The van der Waals surface area contributed by atoms with E-state index in [4.69, 9.17) is 0 Å². The highest BCUT2D eigenvalue weighted by Crippen LogP contribution is 2.22. The molecule has 0 aliphatic heterocycles. The van der Waals surface area contributed by atoms with Crippen LogP contribution in [0.25, 0.3) is 0 Å². The quantitative estimate of drug-likeness (QED) is 0.721. The van der Waals surface area contributed by atoms with Crippen molar-refractivity contribution in [3.63, 3.8) is 0 Å². The van der Waals surface area contributed by atoms with Crippen LogP contribution >= 0.6 is 0 Å². The van der Waals surface area contributed by atoms with E-state index in [0.717, 1.165) is 24.1 Å². The van der Waals surface area contributed by atoms with Gasteiger partial charge in [-0.15, -0.1) is 0 Å². The fourth-order valence-corrected chi connectivity index (χ4v) is 3.10. The van der Waals surface area contributed by atoms with E-state index in [2.05, 4.69) is 49.6 Å². The van der Waals surface area contributed by atoms with Crippen molar-refractivity contribution in [2.75, 3.05) is 11.9 Å². The molecule has 0 fully saturated rings. The number of hydrogen-bond acceptors (Lipinski definition) is 2. The third kappa shape index (κ3) is 5.71. The Balaban J connectivity index is 2.02. The lowest BCUT2D eigenvalue weighted by atomic mass is 9.97. The molecule has 0 saturated carbocycles. The van der Waals surface area contributed by atoms with Gasteiger partial charge < -0.3 is 10.6 Å². The van der Waals surface area contributed by atoms with Gasteiger partial charge in [0.1, 0.15) is 0 Å². The number of amides is 1. The first kappa shape index (κ1) is 19.2. The zero-order valence-corrected chi connectivity index (χ0v) is 15.8. The number of aryl methyl sites for hydroxylation is 2. The molecule has 134 valence electrons. The normalized spacial score (nSPS) is 12.2. The summed E-state index contributed by atoms with van der Waals surface area (Å²) in [7, 11) is 0. The largest absolute Gasteiger partial charge is 0.324 e. The van der Waals surface area contributed by atoms with Gasteiger partial charge in [-0.05, 0) is 42.4 Å². The average Bonchev–Trinajstić information content (AvgIpc) is 2.60. The molecule has 0 aliphatic rings. The Morgan fingerprint density at radius 1 is 1.04 bits per heavy atom. The maximum Gasteiger partial charge on any atom is 0.238 e. The maximum absolute atomic E-state index is 12.5. The molecule has 0 radical (unpaired) electrons. The zero-order chi connectivity index (χ0) is 18.2. The molecule has 0 unspecified atom stereocenters. The van der Waals surface area contributed by atoms with Gasteiger partial charge in [-0.2, -0.15) is 0 Å². The van der Waals surface area contributed by atoms with Crippen LogP contribution in [-0.2, 0) is 11.2 Å². The van der Waals surface area contributed by atoms with Crippen molar-refractivity contribution in [2.24, 2.45) is 5.92 Å². The van der Waals surface area contributed by atoms with E-state index in [9.17, 15) is 4.79 Å². The molecule has 2 rings (SSSR count). The molecule has 2 aromatic rings. The molecule has 1 atom stereocenters. The van der Waals surface area contributed by atoms with Gasteiger partial charge in [-0.25, -0.2) is 0 Å². The van der Waals surface area contributed by atoms with Crippen LogP contribution in [0.4, 0.5) is 5.69 Å². The summed E-state index contributed by atoms with van der Waals surface area (Å²) in [5.41, 5.74) is 4.47. The standard InChI is InChI=1S/C22H30N2O/c1-5-18-13-9-10-17(4)22(18)24-21(25)15-23-20(14-16(2)3)19-11-7-6-8-12-19/h6-13,16,20,23H,5,14-15H2,1-4H3,(H,24,25)/t20-/m0/s1. The SMILES string of the molecule is CCc1cccc(C)c1NC(=O)CN[C@@H](CC(C)C)c1ccccc1. The molecule has 3 heteroatoms. The van der Waals surface area contributed by atoms with Crippen LogP contribution in [0, 0.1) is 12.8 Å². The monoisotopic (exact) mass is 338 g/mol. The van der Waals surface area contributed by atoms with Crippen molar-refractivity contribution in [1.82, 2.24) is 5.32 Å². The van der Waals surface area contributed by atoms with Crippen LogP contribution in [0.3, 0.4) is 0 Å². The molecule has 1 amide bonds. The Morgan fingerprint density at radius 3 is 2.40 bits per heavy atom. The Hall–Kier alpha value is -2.13. The molecule has 0 aromatic heterocycles. The molecule has 3 nitrogen and oxygen atoms in total. The number of anilines is 1. The van der Waals surface area contributed by atoms with Crippen LogP contribution < -0.4 is 10.6 Å². The molecular weight excluding hydrogens is 308 g/mol. The van der Waals surface area contributed by atoms with Crippen LogP contribution in [0.1, 0.15) is 49.9 Å². The van der Waals surface area contributed by atoms with Crippen molar-refractivity contribution < 1.29 is 4.79 Å². The fraction of sp³-hybridized carbons (Fsp3) is 0.409. The molecule has 0 aliphatic carbocycles. The molecule has 25 heavy (non-hydrogen) atoms. The lowest BCUT2D eigenvalue weighted by molar-refractivity contribution is -0.115. The molecule has 2 N–H and O–H groups in total. The Morgan fingerprint density at radius 2 is 1.76 bits per heavy atom. The summed E-state index contributed by atoms with van der Waals surface area (Å²) in [5.74, 6) is 0.567. The predicted octanol–water partition coefficient (Wildman–Crippen LogP) is 4.87. The van der Waals surface area contributed by atoms with Gasteiger partial charge in [0.15, 0.2) is 0 Å². The highest BCUT2D eigenvalue weighted by molar-refractivity contribution is 5.93. The summed E-state index contributed by atoms with van der Waals surface area (Å²) < 4.78 is 0. The number of para-hydroxylation sites is 1. The first-order valence-electron chi connectivity index (χ1n) is 9.18. The summed E-state index contributed by atoms with van der Waals surface area (Å²) in [6.07, 6.45) is 1.91. The lowest BCUT2D eigenvalue weighted by Crippen LogP contribution is -2.32. The number of rotatable bonds is 8. The second kappa shape index (κ2) is 9.38. The van der Waals surface area contributed by atoms with Gasteiger partial charge in [0.2, 0.25) is 5.91 Å². The van der Waals surface area contributed by atoms with Gasteiger partial charge in [-0.1, -0.05) is 69.3 Å². The number of carbonyl (C=O) groups excluding carboxylic acids is 1. The molecule has 0 bridgehead atoms. The smallest absolute Gasteiger partial charge is 0.238 e. The summed E-state index contributed by atoms with van der Waals surface area (Å²) in [6.45, 7) is 8.87. The third-order valence-corrected chi connectivity index (χ3v) is 4.42.